The number of amides is 1. The van der Waals surface area contributed by atoms with Crippen LogP contribution in [-0.2, 0) is 11.3 Å². The van der Waals surface area contributed by atoms with Crippen molar-refractivity contribution in [2.45, 2.75) is 27.3 Å². The molecule has 0 heterocycles. The zero-order chi connectivity index (χ0) is 15.0. The lowest BCUT2D eigenvalue weighted by Crippen LogP contribution is -2.34. The molecule has 0 unspecified atom stereocenters. The lowest BCUT2D eigenvalue weighted by Gasteiger charge is -2.19. The molecule has 5 heteroatoms. The molecule has 0 spiro atoms. The van der Waals surface area contributed by atoms with Gasteiger partial charge >= 0.3 is 0 Å². The monoisotopic (exact) mass is 342 g/mol. The van der Waals surface area contributed by atoms with Crippen LogP contribution >= 0.6 is 15.9 Å². The van der Waals surface area contributed by atoms with Gasteiger partial charge in [-0.2, -0.15) is 0 Å². The van der Waals surface area contributed by atoms with Gasteiger partial charge in [0.15, 0.2) is 6.61 Å². The van der Waals surface area contributed by atoms with Crippen LogP contribution in [0.3, 0.4) is 0 Å². The third-order valence-corrected chi connectivity index (χ3v) is 3.83. The maximum absolute atomic E-state index is 11.9. The van der Waals surface area contributed by atoms with Crippen molar-refractivity contribution in [2.75, 3.05) is 26.2 Å². The Morgan fingerprint density at radius 3 is 2.60 bits per heavy atom. The molecule has 0 radical (unpaired) electrons. The van der Waals surface area contributed by atoms with Crippen LogP contribution in [0.5, 0.6) is 5.75 Å². The van der Waals surface area contributed by atoms with Crippen molar-refractivity contribution < 1.29 is 9.53 Å². The molecule has 20 heavy (non-hydrogen) atoms. The number of nitrogens with zero attached hydrogens (tertiary/aromatic N) is 1. The zero-order valence-corrected chi connectivity index (χ0v) is 14.0. The van der Waals surface area contributed by atoms with Gasteiger partial charge in [-0.05, 0) is 44.2 Å². The van der Waals surface area contributed by atoms with Gasteiger partial charge < -0.3 is 15.0 Å². The summed E-state index contributed by atoms with van der Waals surface area (Å²) in [4.78, 5) is 13.6. The van der Waals surface area contributed by atoms with Gasteiger partial charge in [0.2, 0.25) is 0 Å². The van der Waals surface area contributed by atoms with Crippen molar-refractivity contribution in [1.29, 1.82) is 0 Å². The van der Waals surface area contributed by atoms with Crippen LogP contribution in [0.4, 0.5) is 0 Å². The number of carbonyl (C=O) groups excluding carboxylic acids is 1. The summed E-state index contributed by atoms with van der Waals surface area (Å²) in [5, 5.41) is 3.27. The Bertz CT molecular complexity index is 434. The highest BCUT2D eigenvalue weighted by Gasteiger charge is 2.10. The SMILES string of the molecule is CCNCc1cc(OCC(=O)N(CC)CC)ccc1Br. The highest BCUT2D eigenvalue weighted by atomic mass is 79.9. The molecule has 0 aromatic heterocycles. The van der Waals surface area contributed by atoms with Crippen LogP contribution in [0.25, 0.3) is 0 Å². The summed E-state index contributed by atoms with van der Waals surface area (Å²) in [5.74, 6) is 0.743. The van der Waals surface area contributed by atoms with Crippen molar-refractivity contribution in [3.63, 3.8) is 0 Å². The number of nitrogens with one attached hydrogen (secondary N) is 1. The van der Waals surface area contributed by atoms with Gasteiger partial charge in [0, 0.05) is 24.1 Å². The molecule has 1 N–H and O–H groups in total. The fraction of sp³-hybridized carbons (Fsp3) is 0.533. The minimum Gasteiger partial charge on any atom is -0.484 e. The van der Waals surface area contributed by atoms with E-state index in [2.05, 4.69) is 28.2 Å². The van der Waals surface area contributed by atoms with E-state index in [9.17, 15) is 4.79 Å². The van der Waals surface area contributed by atoms with E-state index in [1.54, 1.807) is 4.90 Å². The number of benzene rings is 1. The fourth-order valence-corrected chi connectivity index (χ4v) is 2.24. The van der Waals surface area contributed by atoms with Gasteiger partial charge in [-0.1, -0.05) is 22.9 Å². The number of rotatable bonds is 8. The number of carbonyl (C=O) groups is 1. The van der Waals surface area contributed by atoms with E-state index >= 15 is 0 Å². The van der Waals surface area contributed by atoms with Gasteiger partial charge in [0.1, 0.15) is 5.75 Å². The number of hydrogen-bond donors (Lipinski definition) is 1. The van der Waals surface area contributed by atoms with Gasteiger partial charge in [-0.25, -0.2) is 0 Å². The van der Waals surface area contributed by atoms with Crippen LogP contribution in [0, 0.1) is 0 Å². The second-order valence-corrected chi connectivity index (χ2v) is 5.24. The van der Waals surface area contributed by atoms with Crippen molar-refractivity contribution in [1.82, 2.24) is 10.2 Å². The van der Waals surface area contributed by atoms with E-state index in [1.165, 1.54) is 0 Å². The Morgan fingerprint density at radius 1 is 1.30 bits per heavy atom. The summed E-state index contributed by atoms with van der Waals surface area (Å²) < 4.78 is 6.63. The smallest absolute Gasteiger partial charge is 0.260 e. The maximum Gasteiger partial charge on any atom is 0.260 e. The normalized spacial score (nSPS) is 10.4. The summed E-state index contributed by atoms with van der Waals surface area (Å²) in [6.45, 7) is 9.21. The molecule has 0 saturated heterocycles. The fourth-order valence-electron chi connectivity index (χ4n) is 1.85. The second-order valence-electron chi connectivity index (χ2n) is 4.39. The lowest BCUT2D eigenvalue weighted by molar-refractivity contribution is -0.132. The summed E-state index contributed by atoms with van der Waals surface area (Å²) in [6.07, 6.45) is 0. The van der Waals surface area contributed by atoms with Crippen molar-refractivity contribution >= 4 is 21.8 Å². The minimum absolute atomic E-state index is 0.0196. The largest absolute Gasteiger partial charge is 0.484 e. The van der Waals surface area contributed by atoms with Gasteiger partial charge in [0.05, 0.1) is 0 Å². The predicted molar refractivity (Wildman–Crippen MR) is 84.9 cm³/mol. The van der Waals surface area contributed by atoms with E-state index in [1.807, 2.05) is 32.0 Å². The molecule has 4 nitrogen and oxygen atoms in total. The first-order chi connectivity index (χ1) is 9.62. The molecule has 0 fully saturated rings. The topological polar surface area (TPSA) is 41.6 Å². The third-order valence-electron chi connectivity index (χ3n) is 3.06. The van der Waals surface area contributed by atoms with Gasteiger partial charge in [-0.15, -0.1) is 0 Å². The summed E-state index contributed by atoms with van der Waals surface area (Å²) >= 11 is 3.52. The van der Waals surface area contributed by atoms with Crippen molar-refractivity contribution in [3.05, 3.63) is 28.2 Å². The average molecular weight is 343 g/mol. The van der Waals surface area contributed by atoms with Crippen LogP contribution in [0.1, 0.15) is 26.3 Å². The summed E-state index contributed by atoms with van der Waals surface area (Å²) in [6, 6.07) is 5.78. The van der Waals surface area contributed by atoms with Crippen LogP contribution < -0.4 is 10.1 Å². The van der Waals surface area contributed by atoms with Crippen molar-refractivity contribution in [3.8, 4) is 5.75 Å². The number of hydrogen-bond acceptors (Lipinski definition) is 3. The van der Waals surface area contributed by atoms with Gasteiger partial charge in [-0.3, -0.25) is 4.79 Å². The predicted octanol–water partition coefficient (Wildman–Crippen LogP) is 2.81. The second kappa shape index (κ2) is 8.97. The molecule has 0 aliphatic heterocycles. The van der Waals surface area contributed by atoms with Gasteiger partial charge in [0.25, 0.3) is 5.91 Å². The average Bonchev–Trinajstić information content (AvgIpc) is 2.46. The molecule has 0 bridgehead atoms. The zero-order valence-electron chi connectivity index (χ0n) is 12.4. The number of ether oxygens (including phenoxy) is 1. The Kier molecular flexibility index (Phi) is 7.62. The Morgan fingerprint density at radius 2 is 2.00 bits per heavy atom. The molecule has 1 amide bonds. The van der Waals surface area contributed by atoms with Crippen LogP contribution in [0.2, 0.25) is 0 Å². The van der Waals surface area contributed by atoms with E-state index in [0.717, 1.165) is 28.9 Å². The first-order valence-electron chi connectivity index (χ1n) is 7.02. The molecular weight excluding hydrogens is 320 g/mol. The highest BCUT2D eigenvalue weighted by molar-refractivity contribution is 9.10. The molecule has 0 atom stereocenters. The highest BCUT2D eigenvalue weighted by Crippen LogP contribution is 2.22. The van der Waals surface area contributed by atoms with Crippen LogP contribution in [0.15, 0.2) is 22.7 Å². The lowest BCUT2D eigenvalue weighted by atomic mass is 10.2. The van der Waals surface area contributed by atoms with E-state index < -0.39 is 0 Å². The Balaban J connectivity index is 2.62. The molecule has 0 aliphatic rings. The Hall–Kier alpha value is -1.07. The molecule has 1 aromatic carbocycles. The molecule has 0 saturated carbocycles. The number of likely N-dealkylation sites (N-methyl/N-ethyl adjacent to an activating group) is 1. The van der Waals surface area contributed by atoms with Crippen LogP contribution in [-0.4, -0.2) is 37.0 Å². The van der Waals surface area contributed by atoms with E-state index in [4.69, 9.17) is 4.74 Å². The molecule has 1 rings (SSSR count). The minimum atomic E-state index is 0.0196. The van der Waals surface area contributed by atoms with E-state index in [0.29, 0.717) is 13.1 Å². The third kappa shape index (κ3) is 5.13. The van der Waals surface area contributed by atoms with Crippen molar-refractivity contribution in [2.24, 2.45) is 0 Å². The Labute approximate surface area is 129 Å². The first-order valence-corrected chi connectivity index (χ1v) is 7.81. The first kappa shape index (κ1) is 17.0. The standard InChI is InChI=1S/C15H23BrN2O2/c1-4-17-10-12-9-13(7-8-14(12)16)20-11-15(19)18(5-2)6-3/h7-9,17H,4-6,10-11H2,1-3H3. The molecule has 0 aliphatic carbocycles. The van der Waals surface area contributed by atoms with E-state index in [-0.39, 0.29) is 12.5 Å². The maximum atomic E-state index is 11.9. The molecule has 112 valence electrons. The quantitative estimate of drug-likeness (QED) is 0.789. The molecule has 1 aromatic rings. The number of halogens is 1. The summed E-state index contributed by atoms with van der Waals surface area (Å²) in [5.41, 5.74) is 1.12. The summed E-state index contributed by atoms with van der Waals surface area (Å²) in [7, 11) is 0. The molecular formula is C15H23BrN2O2.